The molecule has 2 N–H and O–H groups in total. The van der Waals surface area contributed by atoms with E-state index in [1.54, 1.807) is 42.2 Å². The molecule has 160 valence electrons. The average molecular weight is 432 g/mol. The highest BCUT2D eigenvalue weighted by molar-refractivity contribution is 6.05. The highest BCUT2D eigenvalue weighted by Crippen LogP contribution is 2.38. The van der Waals surface area contributed by atoms with Gasteiger partial charge >= 0.3 is 0 Å². The number of anilines is 3. The highest BCUT2D eigenvalue weighted by atomic mass is 35.5. The lowest BCUT2D eigenvalue weighted by Gasteiger charge is -2.32. The van der Waals surface area contributed by atoms with Gasteiger partial charge in [-0.3, -0.25) is 9.59 Å². The van der Waals surface area contributed by atoms with Gasteiger partial charge in [0.2, 0.25) is 11.8 Å². The number of carbonyl (C=O) groups is 2. The fourth-order valence-corrected chi connectivity index (χ4v) is 4.21. The predicted octanol–water partition coefficient (Wildman–Crippen LogP) is 3.04. The van der Waals surface area contributed by atoms with Gasteiger partial charge in [-0.1, -0.05) is 6.07 Å². The number of carbonyl (C=O) groups excluding carboxylic acids is 2. The van der Waals surface area contributed by atoms with Gasteiger partial charge in [0.25, 0.3) is 0 Å². The van der Waals surface area contributed by atoms with E-state index in [0.717, 1.165) is 24.1 Å². The van der Waals surface area contributed by atoms with Crippen LogP contribution in [0.5, 0.6) is 11.5 Å². The molecule has 0 spiro atoms. The summed E-state index contributed by atoms with van der Waals surface area (Å²) in [5, 5.41) is 0. The van der Waals surface area contributed by atoms with Gasteiger partial charge in [0.1, 0.15) is 11.5 Å². The largest absolute Gasteiger partial charge is 0.497 e. The van der Waals surface area contributed by atoms with Gasteiger partial charge in [-0.15, -0.1) is 12.4 Å². The van der Waals surface area contributed by atoms with Crippen molar-refractivity contribution in [3.63, 3.8) is 0 Å². The lowest BCUT2D eigenvalue weighted by atomic mass is 9.97. The summed E-state index contributed by atoms with van der Waals surface area (Å²) in [6.07, 6.45) is 1.91. The number of nitrogens with two attached hydrogens (primary N) is 1. The van der Waals surface area contributed by atoms with Crippen molar-refractivity contribution in [1.82, 2.24) is 0 Å². The second kappa shape index (κ2) is 8.83. The third kappa shape index (κ3) is 3.77. The molecule has 4 rings (SSSR count). The van der Waals surface area contributed by atoms with Gasteiger partial charge in [-0.2, -0.15) is 0 Å². The summed E-state index contributed by atoms with van der Waals surface area (Å²) in [7, 11) is 3.13. The van der Waals surface area contributed by atoms with E-state index >= 15 is 0 Å². The average Bonchev–Trinajstić information content (AvgIpc) is 3.14. The Kier molecular flexibility index (Phi) is 6.41. The molecule has 30 heavy (non-hydrogen) atoms. The van der Waals surface area contributed by atoms with Crippen molar-refractivity contribution < 1.29 is 19.1 Å². The van der Waals surface area contributed by atoms with E-state index < -0.39 is 5.92 Å². The van der Waals surface area contributed by atoms with Gasteiger partial charge in [-0.25, -0.2) is 0 Å². The minimum atomic E-state index is -0.401. The number of ether oxygens (including phenoxy) is 2. The van der Waals surface area contributed by atoms with E-state index in [2.05, 4.69) is 0 Å². The second-order valence-electron chi connectivity index (χ2n) is 7.38. The number of amides is 2. The van der Waals surface area contributed by atoms with Crippen molar-refractivity contribution in [1.29, 1.82) is 0 Å². The molecule has 2 aliphatic heterocycles. The molecule has 0 bridgehead atoms. The topological polar surface area (TPSA) is 85.1 Å². The van der Waals surface area contributed by atoms with Gasteiger partial charge in [0.05, 0.1) is 25.8 Å². The molecule has 1 fully saturated rings. The van der Waals surface area contributed by atoms with Crippen molar-refractivity contribution >= 4 is 41.3 Å². The molecule has 2 amide bonds. The Morgan fingerprint density at radius 3 is 2.67 bits per heavy atom. The summed E-state index contributed by atoms with van der Waals surface area (Å²) in [4.78, 5) is 29.5. The molecule has 2 aromatic rings. The van der Waals surface area contributed by atoms with E-state index in [-0.39, 0.29) is 30.6 Å². The first-order chi connectivity index (χ1) is 14.0. The predicted molar refractivity (Wildman–Crippen MR) is 119 cm³/mol. The lowest BCUT2D eigenvalue weighted by Crippen LogP contribution is -2.40. The summed E-state index contributed by atoms with van der Waals surface area (Å²) in [5.74, 6) is 0.674. The quantitative estimate of drug-likeness (QED) is 0.752. The summed E-state index contributed by atoms with van der Waals surface area (Å²) >= 11 is 0. The number of rotatable bonds is 4. The molecular weight excluding hydrogens is 406 g/mol. The van der Waals surface area contributed by atoms with Crippen LogP contribution in [0.25, 0.3) is 0 Å². The number of halogens is 1. The van der Waals surface area contributed by atoms with Gasteiger partial charge < -0.3 is 25.0 Å². The van der Waals surface area contributed by atoms with Crippen LogP contribution in [0.4, 0.5) is 17.1 Å². The molecule has 1 unspecified atom stereocenters. The normalized spacial score (nSPS) is 17.9. The Bertz CT molecular complexity index is 965. The van der Waals surface area contributed by atoms with E-state index in [0.29, 0.717) is 36.0 Å². The minimum absolute atomic E-state index is 0. The van der Waals surface area contributed by atoms with Crippen LogP contribution in [0.2, 0.25) is 0 Å². The highest BCUT2D eigenvalue weighted by Gasteiger charge is 2.39. The number of fused-ring (bicyclic) bond motifs is 1. The molecule has 7 nitrogen and oxygen atoms in total. The van der Waals surface area contributed by atoms with Crippen molar-refractivity contribution in [2.75, 3.05) is 42.8 Å². The van der Waals surface area contributed by atoms with E-state index in [4.69, 9.17) is 15.2 Å². The fraction of sp³-hybridized carbons (Fsp3) is 0.364. The van der Waals surface area contributed by atoms with Gasteiger partial charge in [0, 0.05) is 37.0 Å². The Labute approximate surface area is 182 Å². The molecule has 0 aliphatic carbocycles. The van der Waals surface area contributed by atoms with Crippen molar-refractivity contribution in [3.05, 3.63) is 42.0 Å². The smallest absolute Gasteiger partial charge is 0.232 e. The lowest BCUT2D eigenvalue weighted by molar-refractivity contribution is -0.124. The summed E-state index contributed by atoms with van der Waals surface area (Å²) in [5.41, 5.74) is 9.36. The van der Waals surface area contributed by atoms with Crippen LogP contribution in [0, 0.1) is 5.92 Å². The van der Waals surface area contributed by atoms with Crippen molar-refractivity contribution in [3.8, 4) is 11.5 Å². The maximum Gasteiger partial charge on any atom is 0.232 e. The number of hydrogen-bond donors (Lipinski definition) is 1. The number of nitrogen functional groups attached to an aromatic ring is 1. The van der Waals surface area contributed by atoms with Gasteiger partial charge in [0.15, 0.2) is 0 Å². The van der Waals surface area contributed by atoms with Crippen LogP contribution >= 0.6 is 12.4 Å². The zero-order chi connectivity index (χ0) is 20.5. The van der Waals surface area contributed by atoms with E-state index in [1.807, 2.05) is 18.2 Å². The van der Waals surface area contributed by atoms with E-state index in [9.17, 15) is 9.59 Å². The third-order valence-electron chi connectivity index (χ3n) is 5.70. The van der Waals surface area contributed by atoms with Crippen LogP contribution in [0.3, 0.4) is 0 Å². The molecule has 2 aromatic carbocycles. The number of benzene rings is 2. The molecule has 2 aliphatic rings. The molecule has 0 saturated carbocycles. The Morgan fingerprint density at radius 2 is 1.93 bits per heavy atom. The van der Waals surface area contributed by atoms with Crippen LogP contribution < -0.4 is 25.0 Å². The summed E-state index contributed by atoms with van der Waals surface area (Å²) in [6.45, 7) is 0.973. The second-order valence-corrected chi connectivity index (χ2v) is 7.38. The molecule has 1 saturated heterocycles. The Balaban J connectivity index is 0.00000256. The zero-order valence-electron chi connectivity index (χ0n) is 17.1. The minimum Gasteiger partial charge on any atom is -0.497 e. The molecule has 0 radical (unpaired) electrons. The summed E-state index contributed by atoms with van der Waals surface area (Å²) < 4.78 is 10.7. The number of methoxy groups -OCH3 is 2. The molecular formula is C22H26ClN3O4. The Morgan fingerprint density at radius 1 is 1.13 bits per heavy atom. The first-order valence-corrected chi connectivity index (χ1v) is 9.74. The summed E-state index contributed by atoms with van der Waals surface area (Å²) in [6, 6.07) is 11.0. The van der Waals surface area contributed by atoms with Crippen LogP contribution in [-0.4, -0.2) is 39.1 Å². The first-order valence-electron chi connectivity index (χ1n) is 9.74. The first kappa shape index (κ1) is 21.8. The number of hydrogen-bond acceptors (Lipinski definition) is 5. The van der Waals surface area contributed by atoms with Crippen LogP contribution in [0.15, 0.2) is 36.4 Å². The van der Waals surface area contributed by atoms with Crippen LogP contribution in [-0.2, 0) is 16.0 Å². The SMILES string of the molecule is COc1ccc(N2CC(C(=O)N3CCCc4c(N)cccc43)CC2=O)c(OC)c1.Cl. The maximum atomic E-state index is 13.3. The maximum absolute atomic E-state index is 13.3. The third-order valence-corrected chi connectivity index (χ3v) is 5.70. The molecule has 1 atom stereocenters. The zero-order valence-corrected chi connectivity index (χ0v) is 17.9. The standard InChI is InChI=1S/C22H25N3O4.ClH/c1-28-15-8-9-19(20(12-15)29-2)25-13-14(11-21(25)26)22(27)24-10-4-5-16-17(23)6-3-7-18(16)24;/h3,6-9,12,14H,4-5,10-11,13,23H2,1-2H3;1H. The molecule has 8 heteroatoms. The van der Waals surface area contributed by atoms with E-state index in [1.165, 1.54) is 0 Å². The molecule has 0 aromatic heterocycles. The van der Waals surface area contributed by atoms with Crippen LogP contribution in [0.1, 0.15) is 18.4 Å². The monoisotopic (exact) mass is 431 g/mol. The number of nitrogens with zero attached hydrogens (tertiary/aromatic N) is 2. The van der Waals surface area contributed by atoms with Crippen molar-refractivity contribution in [2.24, 2.45) is 5.92 Å². The Hall–Kier alpha value is -2.93. The van der Waals surface area contributed by atoms with Gasteiger partial charge in [-0.05, 0) is 42.7 Å². The fourth-order valence-electron chi connectivity index (χ4n) is 4.21. The molecule has 2 heterocycles. The van der Waals surface area contributed by atoms with Crippen molar-refractivity contribution in [2.45, 2.75) is 19.3 Å².